The maximum absolute atomic E-state index is 12.3. The van der Waals surface area contributed by atoms with Gasteiger partial charge >= 0.3 is 0 Å². The van der Waals surface area contributed by atoms with Gasteiger partial charge in [-0.1, -0.05) is 35.0 Å². The number of hydrogen-bond donors (Lipinski definition) is 1. The van der Waals surface area contributed by atoms with Gasteiger partial charge in [-0.15, -0.1) is 0 Å². The summed E-state index contributed by atoms with van der Waals surface area (Å²) in [5.41, 5.74) is 1.71. The number of benzene rings is 2. The fraction of sp³-hybridized carbons (Fsp3) is 0.263. The zero-order chi connectivity index (χ0) is 18.1. The summed E-state index contributed by atoms with van der Waals surface area (Å²) in [5.74, 6) is 2.17. The molecule has 7 heteroatoms. The van der Waals surface area contributed by atoms with Crippen molar-refractivity contribution in [2.45, 2.75) is 20.0 Å². The van der Waals surface area contributed by atoms with Gasteiger partial charge in [0.15, 0.2) is 11.5 Å². The highest BCUT2D eigenvalue weighted by Gasteiger charge is 2.18. The van der Waals surface area contributed by atoms with Crippen molar-refractivity contribution in [2.75, 3.05) is 13.3 Å². The van der Waals surface area contributed by atoms with E-state index in [1.807, 2.05) is 30.3 Å². The molecule has 0 saturated heterocycles. The zero-order valence-electron chi connectivity index (χ0n) is 14.3. The van der Waals surface area contributed by atoms with Crippen molar-refractivity contribution in [3.05, 3.63) is 62.6 Å². The number of fused-ring (bicyclic) bond motifs is 2. The molecule has 1 aromatic heterocycles. The Labute approximate surface area is 158 Å². The monoisotopic (exact) mass is 415 g/mol. The van der Waals surface area contributed by atoms with Gasteiger partial charge < -0.3 is 14.5 Å². The summed E-state index contributed by atoms with van der Waals surface area (Å²) in [6.07, 6.45) is 0. The number of hydrogen-bond acceptors (Lipinski definition) is 5. The second-order valence-electron chi connectivity index (χ2n) is 6.13. The van der Waals surface area contributed by atoms with E-state index in [1.54, 1.807) is 6.07 Å². The first-order valence-electron chi connectivity index (χ1n) is 8.42. The Balaban J connectivity index is 1.58. The fourth-order valence-corrected chi connectivity index (χ4v) is 3.47. The summed E-state index contributed by atoms with van der Waals surface area (Å²) >= 11 is 3.60. The molecule has 26 heavy (non-hydrogen) atoms. The van der Waals surface area contributed by atoms with Gasteiger partial charge in [-0.2, -0.15) is 0 Å². The molecule has 0 atom stereocenters. The Bertz CT molecular complexity index is 1020. The minimum atomic E-state index is -0.106. The number of aromatic amines is 1. The molecule has 0 aliphatic carbocycles. The van der Waals surface area contributed by atoms with E-state index in [1.165, 1.54) is 0 Å². The van der Waals surface area contributed by atoms with Crippen LogP contribution in [-0.4, -0.2) is 28.2 Å². The van der Waals surface area contributed by atoms with Gasteiger partial charge in [0.2, 0.25) is 6.79 Å². The minimum absolute atomic E-state index is 0.106. The van der Waals surface area contributed by atoms with Crippen LogP contribution in [0, 0.1) is 0 Å². The first-order valence-corrected chi connectivity index (χ1v) is 9.21. The van der Waals surface area contributed by atoms with Crippen molar-refractivity contribution in [1.29, 1.82) is 0 Å². The van der Waals surface area contributed by atoms with Crippen LogP contribution in [0.15, 0.2) is 45.7 Å². The lowest BCUT2D eigenvalue weighted by Gasteiger charge is -2.21. The molecule has 3 aromatic rings. The van der Waals surface area contributed by atoms with E-state index in [9.17, 15) is 4.79 Å². The molecule has 1 aliphatic heterocycles. The summed E-state index contributed by atoms with van der Waals surface area (Å²) < 4.78 is 11.8. The molecule has 2 heterocycles. The maximum Gasteiger partial charge on any atom is 0.258 e. The molecule has 134 valence electrons. The molecule has 0 saturated carbocycles. The van der Waals surface area contributed by atoms with Crippen molar-refractivity contribution < 1.29 is 9.47 Å². The highest BCUT2D eigenvalue weighted by atomic mass is 79.9. The molecule has 0 radical (unpaired) electrons. The first kappa shape index (κ1) is 17.1. The van der Waals surface area contributed by atoms with E-state index in [2.05, 4.69) is 37.7 Å². The van der Waals surface area contributed by atoms with Crippen LogP contribution in [0.25, 0.3) is 10.9 Å². The Morgan fingerprint density at radius 1 is 1.19 bits per heavy atom. The standard InChI is InChI=1S/C19H18BrN3O3/c1-2-23(9-12-7-16-17(8-14(12)20)26-11-25-16)10-18-21-15-6-4-3-5-13(15)19(24)22-18/h3-8H,2,9-11H2,1H3,(H,21,22,24). The Hall–Kier alpha value is -2.38. The molecule has 4 rings (SSSR count). The highest BCUT2D eigenvalue weighted by Crippen LogP contribution is 2.37. The van der Waals surface area contributed by atoms with E-state index in [-0.39, 0.29) is 12.4 Å². The number of halogens is 1. The average molecular weight is 416 g/mol. The van der Waals surface area contributed by atoms with Gasteiger partial charge in [-0.25, -0.2) is 4.98 Å². The number of H-pyrrole nitrogens is 1. The van der Waals surface area contributed by atoms with Gasteiger partial charge in [0.05, 0.1) is 17.4 Å². The molecule has 2 aromatic carbocycles. The van der Waals surface area contributed by atoms with E-state index in [4.69, 9.17) is 9.47 Å². The van der Waals surface area contributed by atoms with Crippen LogP contribution in [0.1, 0.15) is 18.3 Å². The van der Waals surface area contributed by atoms with Gasteiger partial charge in [-0.3, -0.25) is 9.69 Å². The van der Waals surface area contributed by atoms with Gasteiger partial charge in [-0.05, 0) is 36.4 Å². The van der Waals surface area contributed by atoms with Crippen LogP contribution < -0.4 is 15.0 Å². The predicted molar refractivity (Wildman–Crippen MR) is 102 cm³/mol. The second kappa shape index (κ2) is 7.09. The lowest BCUT2D eigenvalue weighted by atomic mass is 10.2. The number of ether oxygens (including phenoxy) is 2. The van der Waals surface area contributed by atoms with Crippen molar-refractivity contribution in [3.63, 3.8) is 0 Å². The SMILES string of the molecule is CCN(Cc1nc2ccccc2c(=O)[nH]1)Cc1cc2c(cc1Br)OCO2. The minimum Gasteiger partial charge on any atom is -0.454 e. The van der Waals surface area contributed by atoms with Crippen molar-refractivity contribution in [2.24, 2.45) is 0 Å². The lowest BCUT2D eigenvalue weighted by Crippen LogP contribution is -2.25. The van der Waals surface area contributed by atoms with Crippen LogP contribution in [0.5, 0.6) is 11.5 Å². The van der Waals surface area contributed by atoms with Gasteiger partial charge in [0.1, 0.15) is 5.82 Å². The lowest BCUT2D eigenvalue weighted by molar-refractivity contribution is 0.174. The summed E-state index contributed by atoms with van der Waals surface area (Å²) in [7, 11) is 0. The third-order valence-electron chi connectivity index (χ3n) is 4.42. The van der Waals surface area contributed by atoms with Crippen molar-refractivity contribution in [3.8, 4) is 11.5 Å². The summed E-state index contributed by atoms with van der Waals surface area (Å²) in [6, 6.07) is 11.3. The van der Waals surface area contributed by atoms with Crippen molar-refractivity contribution >= 4 is 26.8 Å². The van der Waals surface area contributed by atoms with Crippen LogP contribution >= 0.6 is 15.9 Å². The summed E-state index contributed by atoms with van der Waals surface area (Å²) in [6.45, 7) is 4.41. The van der Waals surface area contributed by atoms with Gasteiger partial charge in [0, 0.05) is 11.0 Å². The Morgan fingerprint density at radius 2 is 1.96 bits per heavy atom. The quantitative estimate of drug-likeness (QED) is 0.691. The Kier molecular flexibility index (Phi) is 4.65. The average Bonchev–Trinajstić information content (AvgIpc) is 3.08. The van der Waals surface area contributed by atoms with Crippen LogP contribution in [0.4, 0.5) is 0 Å². The molecule has 6 nitrogen and oxygen atoms in total. The molecule has 0 amide bonds. The normalized spacial score (nSPS) is 12.9. The smallest absolute Gasteiger partial charge is 0.258 e. The van der Waals surface area contributed by atoms with Crippen LogP contribution in [0.2, 0.25) is 0 Å². The molecular formula is C19H18BrN3O3. The molecule has 1 N–H and O–H groups in total. The fourth-order valence-electron chi connectivity index (χ4n) is 3.02. The summed E-state index contributed by atoms with van der Waals surface area (Å²) in [4.78, 5) is 21.9. The van der Waals surface area contributed by atoms with Gasteiger partial charge in [0.25, 0.3) is 5.56 Å². The Morgan fingerprint density at radius 3 is 2.77 bits per heavy atom. The molecule has 0 unspecified atom stereocenters. The van der Waals surface area contributed by atoms with Crippen LogP contribution in [0.3, 0.4) is 0 Å². The number of rotatable bonds is 5. The van der Waals surface area contributed by atoms with E-state index in [0.717, 1.165) is 28.1 Å². The molecule has 0 spiro atoms. The highest BCUT2D eigenvalue weighted by molar-refractivity contribution is 9.10. The topological polar surface area (TPSA) is 67.5 Å². The molecular weight excluding hydrogens is 398 g/mol. The van der Waals surface area contributed by atoms with E-state index >= 15 is 0 Å². The zero-order valence-corrected chi connectivity index (χ0v) is 15.9. The van der Waals surface area contributed by atoms with Crippen LogP contribution in [-0.2, 0) is 13.1 Å². The molecule has 1 aliphatic rings. The summed E-state index contributed by atoms with van der Waals surface area (Å²) in [5, 5.41) is 0.609. The first-order chi connectivity index (χ1) is 12.6. The largest absolute Gasteiger partial charge is 0.454 e. The predicted octanol–water partition coefficient (Wildman–Crippen LogP) is 3.44. The molecule has 0 fully saturated rings. The third-order valence-corrected chi connectivity index (χ3v) is 5.16. The van der Waals surface area contributed by atoms with E-state index < -0.39 is 0 Å². The number of nitrogens with zero attached hydrogens (tertiary/aromatic N) is 2. The van der Waals surface area contributed by atoms with E-state index in [0.29, 0.717) is 29.8 Å². The number of para-hydroxylation sites is 1. The third kappa shape index (κ3) is 3.32. The second-order valence-corrected chi connectivity index (χ2v) is 6.98. The number of nitrogens with one attached hydrogen (secondary N) is 1. The number of aromatic nitrogens is 2. The van der Waals surface area contributed by atoms with Crippen molar-refractivity contribution in [1.82, 2.24) is 14.9 Å². The molecule has 0 bridgehead atoms. The maximum atomic E-state index is 12.3.